The van der Waals surface area contributed by atoms with Gasteiger partial charge in [-0.2, -0.15) is 13.2 Å². The molecule has 0 saturated carbocycles. The van der Waals surface area contributed by atoms with Crippen molar-refractivity contribution in [2.45, 2.75) is 30.5 Å². The van der Waals surface area contributed by atoms with Crippen molar-refractivity contribution >= 4 is 32.1 Å². The lowest BCUT2D eigenvalue weighted by atomic mass is 10.0. The Labute approximate surface area is 204 Å². The second kappa shape index (κ2) is 9.74. The fourth-order valence-electron chi connectivity index (χ4n) is 3.58. The van der Waals surface area contributed by atoms with Gasteiger partial charge in [0.25, 0.3) is 10.0 Å². The fourth-order valence-corrected chi connectivity index (χ4v) is 5.38. The third-order valence-corrected chi connectivity index (χ3v) is 7.38. The number of sulfonamides is 1. The molecule has 0 aliphatic carbocycles. The maximum Gasteiger partial charge on any atom is 0.416 e. The summed E-state index contributed by atoms with van der Waals surface area (Å²) < 4.78 is 79.5. The number of halogens is 3. The van der Waals surface area contributed by atoms with Crippen LogP contribution in [0.4, 0.5) is 18.3 Å². The largest absolute Gasteiger partial charge is 0.493 e. The number of benzene rings is 2. The molecule has 1 atom stereocenters. The van der Waals surface area contributed by atoms with Gasteiger partial charge in [-0.05, 0) is 36.8 Å². The molecular weight excluding hydrogens is 501 g/mol. The Hall–Kier alpha value is -3.31. The summed E-state index contributed by atoms with van der Waals surface area (Å²) in [5.41, 5.74) is 0.376. The maximum atomic E-state index is 13.3. The number of allylic oxidation sites excluding steroid dienone is 3. The molecular formula is C24H21F3N2O4S2. The van der Waals surface area contributed by atoms with Crippen LogP contribution in [0.1, 0.15) is 36.1 Å². The molecule has 0 unspecified atom stereocenters. The second-order valence-corrected chi connectivity index (χ2v) is 10.2. The standard InChI is InChI=1S/C24H21F3N2O4S2/c1-3-4-15(2)19-13-16(24(25,26)27)5-8-20(19)33-21-9-11-32-22-14-17(6-7-18(21)22)35(30,31)29-23-28-10-12-34-23/h3-8,10,12-14,21H,2,9,11H2,1H3,(H,28,29)/b4-3-/t21-/m1/s1. The zero-order valence-corrected chi connectivity index (χ0v) is 20.1. The van der Waals surface area contributed by atoms with Gasteiger partial charge in [0, 0.05) is 35.2 Å². The van der Waals surface area contributed by atoms with Crippen molar-refractivity contribution < 1.29 is 31.1 Å². The molecule has 11 heteroatoms. The van der Waals surface area contributed by atoms with Gasteiger partial charge in [0.2, 0.25) is 0 Å². The van der Waals surface area contributed by atoms with E-state index in [1.165, 1.54) is 24.4 Å². The van der Waals surface area contributed by atoms with Crippen LogP contribution in [0.25, 0.3) is 5.57 Å². The number of aromatic nitrogens is 1. The van der Waals surface area contributed by atoms with Gasteiger partial charge in [-0.3, -0.25) is 4.72 Å². The van der Waals surface area contributed by atoms with Crippen LogP contribution in [-0.4, -0.2) is 20.0 Å². The number of rotatable bonds is 7. The number of nitrogens with one attached hydrogen (secondary N) is 1. The van der Waals surface area contributed by atoms with Gasteiger partial charge < -0.3 is 9.47 Å². The van der Waals surface area contributed by atoms with Crippen molar-refractivity contribution in [3.05, 3.63) is 83.4 Å². The topological polar surface area (TPSA) is 77.5 Å². The molecule has 3 aromatic rings. The van der Waals surface area contributed by atoms with Gasteiger partial charge in [-0.1, -0.05) is 24.8 Å². The highest BCUT2D eigenvalue weighted by Crippen LogP contribution is 2.41. The third-order valence-electron chi connectivity index (χ3n) is 5.22. The Morgan fingerprint density at radius 1 is 1.29 bits per heavy atom. The minimum Gasteiger partial charge on any atom is -0.493 e. The Morgan fingerprint density at radius 2 is 2.09 bits per heavy atom. The van der Waals surface area contributed by atoms with E-state index in [4.69, 9.17) is 9.47 Å². The monoisotopic (exact) mass is 522 g/mol. The zero-order valence-electron chi connectivity index (χ0n) is 18.5. The van der Waals surface area contributed by atoms with E-state index in [0.717, 1.165) is 23.5 Å². The molecule has 4 rings (SSSR count). The minimum atomic E-state index is -4.51. The van der Waals surface area contributed by atoms with Crippen molar-refractivity contribution in [2.75, 3.05) is 11.3 Å². The van der Waals surface area contributed by atoms with Crippen LogP contribution in [0.3, 0.4) is 0 Å². The molecule has 1 aliphatic heterocycles. The first-order valence-corrected chi connectivity index (χ1v) is 12.8. The van der Waals surface area contributed by atoms with Gasteiger partial charge in [-0.15, -0.1) is 11.3 Å². The fraction of sp³-hybridized carbons (Fsp3) is 0.208. The van der Waals surface area contributed by atoms with Crippen LogP contribution >= 0.6 is 11.3 Å². The number of nitrogens with zero attached hydrogens (tertiary/aromatic N) is 1. The van der Waals surface area contributed by atoms with Gasteiger partial charge in [0.1, 0.15) is 17.6 Å². The van der Waals surface area contributed by atoms with Gasteiger partial charge in [0.15, 0.2) is 5.13 Å². The smallest absolute Gasteiger partial charge is 0.416 e. The summed E-state index contributed by atoms with van der Waals surface area (Å²) in [5.74, 6) is 0.560. The zero-order chi connectivity index (χ0) is 25.2. The first kappa shape index (κ1) is 24.8. The summed E-state index contributed by atoms with van der Waals surface area (Å²) in [4.78, 5) is 3.91. The molecule has 6 nitrogen and oxygen atoms in total. The molecule has 0 amide bonds. The van der Waals surface area contributed by atoms with E-state index in [1.54, 1.807) is 30.5 Å². The van der Waals surface area contributed by atoms with Crippen molar-refractivity contribution in [1.29, 1.82) is 0 Å². The van der Waals surface area contributed by atoms with Crippen LogP contribution in [-0.2, 0) is 16.2 Å². The number of fused-ring (bicyclic) bond motifs is 1. The number of thiazole rings is 1. The molecule has 2 aromatic carbocycles. The van der Waals surface area contributed by atoms with Crippen LogP contribution in [0.15, 0.2) is 71.6 Å². The summed E-state index contributed by atoms with van der Waals surface area (Å²) >= 11 is 1.15. The van der Waals surface area contributed by atoms with E-state index in [0.29, 0.717) is 23.3 Å². The number of hydrogen-bond acceptors (Lipinski definition) is 6. The average molecular weight is 523 g/mol. The average Bonchev–Trinajstić information content (AvgIpc) is 3.31. The summed E-state index contributed by atoms with van der Waals surface area (Å²) in [7, 11) is -3.88. The van der Waals surface area contributed by atoms with Gasteiger partial charge in [0.05, 0.1) is 17.1 Å². The first-order valence-electron chi connectivity index (χ1n) is 10.5. The highest BCUT2D eigenvalue weighted by Gasteiger charge is 2.32. The SMILES string of the molecule is C=C(/C=C\C)c1cc(C(F)(F)F)ccc1O[C@@H]1CCOc2cc(S(=O)(=O)Nc3nccs3)ccc21. The van der Waals surface area contributed by atoms with E-state index in [-0.39, 0.29) is 27.9 Å². The second-order valence-electron chi connectivity index (χ2n) is 7.62. The molecule has 35 heavy (non-hydrogen) atoms. The summed E-state index contributed by atoms with van der Waals surface area (Å²) in [6, 6.07) is 7.65. The lowest BCUT2D eigenvalue weighted by Crippen LogP contribution is -2.20. The summed E-state index contributed by atoms with van der Waals surface area (Å²) in [6.45, 7) is 5.85. The molecule has 184 valence electrons. The molecule has 0 bridgehead atoms. The predicted molar refractivity (Wildman–Crippen MR) is 128 cm³/mol. The first-order chi connectivity index (χ1) is 16.6. The van der Waals surface area contributed by atoms with E-state index >= 15 is 0 Å². The molecule has 0 spiro atoms. The highest BCUT2D eigenvalue weighted by atomic mass is 32.2. The Kier molecular flexibility index (Phi) is 6.91. The van der Waals surface area contributed by atoms with E-state index in [1.807, 2.05) is 0 Å². The molecule has 1 N–H and O–H groups in total. The number of anilines is 1. The molecule has 1 aliphatic rings. The van der Waals surface area contributed by atoms with E-state index in [9.17, 15) is 21.6 Å². The number of alkyl halides is 3. The molecule has 0 radical (unpaired) electrons. The molecule has 2 heterocycles. The van der Waals surface area contributed by atoms with Crippen LogP contribution < -0.4 is 14.2 Å². The Bertz CT molecular complexity index is 1370. The summed E-state index contributed by atoms with van der Waals surface area (Å²) in [5, 5.41) is 1.89. The van der Waals surface area contributed by atoms with Crippen molar-refractivity contribution in [3.8, 4) is 11.5 Å². The van der Waals surface area contributed by atoms with Crippen molar-refractivity contribution in [1.82, 2.24) is 4.98 Å². The third kappa shape index (κ3) is 5.51. The van der Waals surface area contributed by atoms with E-state index < -0.39 is 27.9 Å². The highest BCUT2D eigenvalue weighted by molar-refractivity contribution is 7.93. The summed E-state index contributed by atoms with van der Waals surface area (Å²) in [6.07, 6.45) is 0.124. The molecule has 0 fully saturated rings. The Morgan fingerprint density at radius 3 is 2.77 bits per heavy atom. The van der Waals surface area contributed by atoms with Gasteiger partial charge >= 0.3 is 6.18 Å². The lowest BCUT2D eigenvalue weighted by Gasteiger charge is -2.28. The van der Waals surface area contributed by atoms with Crippen LogP contribution in [0.5, 0.6) is 11.5 Å². The number of ether oxygens (including phenoxy) is 2. The quantitative estimate of drug-likeness (QED) is 0.361. The van der Waals surface area contributed by atoms with Crippen LogP contribution in [0.2, 0.25) is 0 Å². The lowest BCUT2D eigenvalue weighted by molar-refractivity contribution is -0.137. The normalized spacial score (nSPS) is 15.9. The van der Waals surface area contributed by atoms with Gasteiger partial charge in [-0.25, -0.2) is 13.4 Å². The predicted octanol–water partition coefficient (Wildman–Crippen LogP) is 6.45. The van der Waals surface area contributed by atoms with E-state index in [2.05, 4.69) is 16.3 Å². The Balaban J connectivity index is 1.65. The van der Waals surface area contributed by atoms with Crippen molar-refractivity contribution in [2.24, 2.45) is 0 Å². The molecule has 1 aromatic heterocycles. The minimum absolute atomic E-state index is 0.0104. The van der Waals surface area contributed by atoms with Crippen LogP contribution in [0, 0.1) is 0 Å². The molecule has 0 saturated heterocycles. The van der Waals surface area contributed by atoms with Crippen molar-refractivity contribution in [3.63, 3.8) is 0 Å². The maximum absolute atomic E-state index is 13.3. The number of hydrogen-bond donors (Lipinski definition) is 1.